The van der Waals surface area contributed by atoms with Gasteiger partial charge in [-0.1, -0.05) is 28.0 Å². The van der Waals surface area contributed by atoms with Gasteiger partial charge < -0.3 is 18.9 Å². The Balaban J connectivity index is 2.38. The molecule has 0 amide bonds. The molecule has 0 spiro atoms. The van der Waals surface area contributed by atoms with E-state index in [2.05, 4.69) is 19.8 Å². The zero-order valence-corrected chi connectivity index (χ0v) is 13.2. The molecule has 0 aliphatic rings. The van der Waals surface area contributed by atoms with Crippen molar-refractivity contribution in [2.24, 2.45) is 0 Å². The van der Waals surface area contributed by atoms with Crippen molar-refractivity contribution in [1.82, 2.24) is 15.0 Å². The Morgan fingerprint density at radius 1 is 1.21 bits per heavy atom. The molecule has 11 heteroatoms. The van der Waals surface area contributed by atoms with Crippen LogP contribution in [-0.4, -0.2) is 41.5 Å². The van der Waals surface area contributed by atoms with Crippen molar-refractivity contribution >= 4 is 23.9 Å². The first-order valence-corrected chi connectivity index (χ1v) is 6.72. The van der Waals surface area contributed by atoms with Crippen LogP contribution in [0.25, 0.3) is 0 Å². The van der Waals surface area contributed by atoms with Crippen LogP contribution >= 0.6 is 11.6 Å². The molecule has 0 aliphatic carbocycles. The maximum Gasteiger partial charge on any atom is 0.515 e. The predicted octanol–water partition coefficient (Wildman–Crippen LogP) is 2.41. The molecule has 0 atom stereocenters. The van der Waals surface area contributed by atoms with Gasteiger partial charge in [-0.05, 0) is 12.1 Å². The third-order valence-electron chi connectivity index (χ3n) is 2.72. The third-order valence-corrected chi connectivity index (χ3v) is 3.08. The van der Waals surface area contributed by atoms with E-state index >= 15 is 0 Å². The summed E-state index contributed by atoms with van der Waals surface area (Å²) in [5.41, 5.74) is 0.0726. The molecule has 0 saturated carbocycles. The van der Waals surface area contributed by atoms with Crippen LogP contribution in [0.1, 0.15) is 5.56 Å². The Hall–Kier alpha value is -2.88. The Kier molecular flexibility index (Phi) is 5.53. The molecule has 2 rings (SSSR count). The van der Waals surface area contributed by atoms with Crippen LogP contribution in [0.4, 0.5) is 14.0 Å². The molecule has 1 heterocycles. The van der Waals surface area contributed by atoms with Gasteiger partial charge in [0.1, 0.15) is 5.82 Å². The summed E-state index contributed by atoms with van der Waals surface area (Å²) in [5, 5.41) is 7.31. The Bertz CT molecular complexity index is 746. The highest BCUT2D eigenvalue weighted by atomic mass is 35.5. The van der Waals surface area contributed by atoms with Gasteiger partial charge in [-0.2, -0.15) is 0 Å². The lowest BCUT2D eigenvalue weighted by molar-refractivity contribution is 0.107. The lowest BCUT2D eigenvalue weighted by Crippen LogP contribution is -2.15. The minimum Gasteiger partial charge on any atom is -0.437 e. The maximum atomic E-state index is 13.9. The Morgan fingerprint density at radius 3 is 2.50 bits per heavy atom. The van der Waals surface area contributed by atoms with Gasteiger partial charge in [-0.25, -0.2) is 18.7 Å². The zero-order chi connectivity index (χ0) is 17.7. The molecular weight excluding hydrogens is 349 g/mol. The van der Waals surface area contributed by atoms with E-state index in [0.29, 0.717) is 0 Å². The quantitative estimate of drug-likeness (QED) is 0.767. The van der Waals surface area contributed by atoms with Gasteiger partial charge in [0, 0.05) is 10.6 Å². The molecule has 9 nitrogen and oxygen atoms in total. The van der Waals surface area contributed by atoms with Gasteiger partial charge in [0.15, 0.2) is 0 Å². The maximum absolute atomic E-state index is 13.9. The fourth-order valence-electron chi connectivity index (χ4n) is 1.63. The summed E-state index contributed by atoms with van der Waals surface area (Å²) in [6, 6.07) is 4.11. The number of hydrogen-bond donors (Lipinski definition) is 0. The lowest BCUT2D eigenvalue weighted by atomic mass is 10.2. The number of nitrogens with zero attached hydrogens (tertiary/aromatic N) is 3. The second-order valence-corrected chi connectivity index (χ2v) is 4.58. The molecule has 0 bridgehead atoms. The predicted molar refractivity (Wildman–Crippen MR) is 76.6 cm³/mol. The van der Waals surface area contributed by atoms with Crippen molar-refractivity contribution in [2.75, 3.05) is 14.2 Å². The Labute approximate surface area is 139 Å². The van der Waals surface area contributed by atoms with Crippen molar-refractivity contribution in [3.8, 4) is 11.8 Å². The summed E-state index contributed by atoms with van der Waals surface area (Å²) in [6.45, 7) is -0.241. The number of carbonyl (C=O) groups is 2. The average Bonchev–Trinajstić information content (AvgIpc) is 2.92. The highest BCUT2D eigenvalue weighted by molar-refractivity contribution is 6.31. The summed E-state index contributed by atoms with van der Waals surface area (Å²) < 4.78 is 33.1. The molecule has 0 saturated heterocycles. The molecule has 1 aromatic carbocycles. The van der Waals surface area contributed by atoms with Crippen molar-refractivity contribution in [2.45, 2.75) is 6.54 Å². The van der Waals surface area contributed by atoms with Crippen molar-refractivity contribution in [1.29, 1.82) is 0 Å². The Morgan fingerprint density at radius 2 is 1.88 bits per heavy atom. The SMILES string of the molecule is COC(=O)Oc1nnn(Cc2c(F)cccc2Cl)c1OC(=O)OC. The molecule has 1 aromatic heterocycles. The number of rotatable bonds is 4. The lowest BCUT2D eigenvalue weighted by Gasteiger charge is -2.09. The van der Waals surface area contributed by atoms with E-state index in [1.165, 1.54) is 18.2 Å². The molecule has 0 aliphatic heterocycles. The molecule has 0 unspecified atom stereocenters. The topological polar surface area (TPSA) is 102 Å². The van der Waals surface area contributed by atoms with Crippen molar-refractivity contribution < 1.29 is 32.9 Å². The third kappa shape index (κ3) is 3.90. The van der Waals surface area contributed by atoms with Gasteiger partial charge in [-0.3, -0.25) is 0 Å². The first-order chi connectivity index (χ1) is 11.5. The number of hydrogen-bond acceptors (Lipinski definition) is 8. The smallest absolute Gasteiger partial charge is 0.437 e. The van der Waals surface area contributed by atoms with Gasteiger partial charge >= 0.3 is 18.2 Å². The van der Waals surface area contributed by atoms with E-state index in [0.717, 1.165) is 18.9 Å². The van der Waals surface area contributed by atoms with Crippen LogP contribution in [0.15, 0.2) is 18.2 Å². The van der Waals surface area contributed by atoms with Gasteiger partial charge in [0.2, 0.25) is 0 Å². The summed E-state index contributed by atoms with van der Waals surface area (Å²) in [6.07, 6.45) is -2.23. The molecular formula is C13H11ClFN3O6. The van der Waals surface area contributed by atoms with Crippen LogP contribution in [0.3, 0.4) is 0 Å². The number of aromatic nitrogens is 3. The fraction of sp³-hybridized carbons (Fsp3) is 0.231. The van der Waals surface area contributed by atoms with Crippen LogP contribution in [-0.2, 0) is 16.0 Å². The number of halogens is 2. The number of ether oxygens (including phenoxy) is 4. The van der Waals surface area contributed by atoms with Crippen LogP contribution in [0.2, 0.25) is 5.02 Å². The van der Waals surface area contributed by atoms with Crippen LogP contribution < -0.4 is 9.47 Å². The molecule has 0 fully saturated rings. The number of carbonyl (C=O) groups excluding carboxylic acids is 2. The van der Waals surface area contributed by atoms with Crippen molar-refractivity contribution in [3.63, 3.8) is 0 Å². The van der Waals surface area contributed by atoms with E-state index in [4.69, 9.17) is 21.1 Å². The van der Waals surface area contributed by atoms with Gasteiger partial charge in [-0.15, -0.1) is 0 Å². The minimum absolute atomic E-state index is 0.0726. The highest BCUT2D eigenvalue weighted by Gasteiger charge is 2.24. The first kappa shape index (κ1) is 17.5. The highest BCUT2D eigenvalue weighted by Crippen LogP contribution is 2.28. The van der Waals surface area contributed by atoms with Gasteiger partial charge in [0.05, 0.1) is 20.8 Å². The van der Waals surface area contributed by atoms with Crippen LogP contribution in [0, 0.1) is 5.82 Å². The van der Waals surface area contributed by atoms with E-state index in [1.54, 1.807) is 0 Å². The average molecular weight is 360 g/mol. The van der Waals surface area contributed by atoms with E-state index < -0.39 is 24.0 Å². The molecule has 128 valence electrons. The minimum atomic E-state index is -1.12. The van der Waals surface area contributed by atoms with E-state index in [1.807, 2.05) is 0 Å². The fourth-order valence-corrected chi connectivity index (χ4v) is 1.85. The molecule has 0 radical (unpaired) electrons. The zero-order valence-electron chi connectivity index (χ0n) is 12.5. The summed E-state index contributed by atoms with van der Waals surface area (Å²) in [5.74, 6) is -1.44. The second kappa shape index (κ2) is 7.59. The summed E-state index contributed by atoms with van der Waals surface area (Å²) in [4.78, 5) is 22.5. The number of benzene rings is 1. The van der Waals surface area contributed by atoms with Gasteiger partial charge in [0.25, 0.3) is 5.88 Å². The summed E-state index contributed by atoms with van der Waals surface area (Å²) in [7, 11) is 2.15. The molecule has 24 heavy (non-hydrogen) atoms. The normalized spacial score (nSPS) is 10.2. The van der Waals surface area contributed by atoms with E-state index in [9.17, 15) is 14.0 Å². The summed E-state index contributed by atoms with van der Waals surface area (Å²) >= 11 is 5.94. The monoisotopic (exact) mass is 359 g/mol. The second-order valence-electron chi connectivity index (χ2n) is 4.17. The molecule has 0 N–H and O–H groups in total. The van der Waals surface area contributed by atoms with Crippen molar-refractivity contribution in [3.05, 3.63) is 34.6 Å². The standard InChI is InChI=1S/C13H11ClFN3O6/c1-21-12(19)23-10-11(24-13(20)22-2)18(17-16-10)6-7-8(14)4-3-5-9(7)15/h3-5H,6H2,1-2H3. The van der Waals surface area contributed by atoms with Crippen LogP contribution in [0.5, 0.6) is 11.8 Å². The first-order valence-electron chi connectivity index (χ1n) is 6.34. The molecule has 2 aromatic rings. The largest absolute Gasteiger partial charge is 0.515 e. The number of methoxy groups -OCH3 is 2. The van der Waals surface area contributed by atoms with E-state index in [-0.39, 0.29) is 23.0 Å².